The molecule has 1 aromatic carbocycles. The van der Waals surface area contributed by atoms with Crippen molar-refractivity contribution in [3.8, 4) is 0 Å². The van der Waals surface area contributed by atoms with Crippen LogP contribution in [0.1, 0.15) is 33.1 Å². The van der Waals surface area contributed by atoms with Crippen molar-refractivity contribution in [3.05, 3.63) is 41.7 Å². The van der Waals surface area contributed by atoms with Gasteiger partial charge in [0.25, 0.3) is 0 Å². The van der Waals surface area contributed by atoms with Crippen molar-refractivity contribution in [1.82, 2.24) is 14.7 Å². The summed E-state index contributed by atoms with van der Waals surface area (Å²) in [6, 6.07) is 7.12. The number of aromatic nitrogens is 2. The van der Waals surface area contributed by atoms with Crippen LogP contribution >= 0.6 is 23.4 Å². The third-order valence-corrected chi connectivity index (χ3v) is 6.91. The molecule has 4 rings (SSSR count). The molecule has 7 nitrogen and oxygen atoms in total. The van der Waals surface area contributed by atoms with Gasteiger partial charge in [0.05, 0.1) is 12.4 Å². The Morgan fingerprint density at radius 2 is 2.23 bits per heavy atom. The zero-order valence-electron chi connectivity index (χ0n) is 16.9. The van der Waals surface area contributed by atoms with E-state index in [0.29, 0.717) is 27.5 Å². The van der Waals surface area contributed by atoms with Crippen LogP contribution in [0.3, 0.4) is 0 Å². The molecule has 1 saturated carbocycles. The largest absolute Gasteiger partial charge is 0.326 e. The lowest BCUT2D eigenvalue weighted by Crippen LogP contribution is -2.49. The fourth-order valence-electron chi connectivity index (χ4n) is 3.67. The molecule has 3 atom stereocenters. The van der Waals surface area contributed by atoms with Crippen LogP contribution in [-0.2, 0) is 16.1 Å². The van der Waals surface area contributed by atoms with Gasteiger partial charge in [0.1, 0.15) is 10.9 Å². The van der Waals surface area contributed by atoms with Crippen LogP contribution in [-0.4, -0.2) is 43.0 Å². The van der Waals surface area contributed by atoms with Gasteiger partial charge in [-0.3, -0.25) is 19.2 Å². The summed E-state index contributed by atoms with van der Waals surface area (Å²) >= 11 is 7.34. The molecule has 2 heterocycles. The minimum absolute atomic E-state index is 0.0422. The zero-order valence-corrected chi connectivity index (χ0v) is 18.5. The molecular formula is C21H24ClN5O2S. The number of thioether (sulfide) groups is 1. The predicted octanol–water partition coefficient (Wildman–Crippen LogP) is 4.32. The molecule has 0 bridgehead atoms. The fourth-order valence-corrected chi connectivity index (χ4v) is 5.06. The molecule has 1 saturated heterocycles. The predicted molar refractivity (Wildman–Crippen MR) is 120 cm³/mol. The molecule has 3 unspecified atom stereocenters. The van der Waals surface area contributed by atoms with E-state index in [1.165, 1.54) is 11.8 Å². The van der Waals surface area contributed by atoms with E-state index < -0.39 is 5.25 Å². The van der Waals surface area contributed by atoms with Crippen LogP contribution in [0.4, 0.5) is 11.4 Å². The summed E-state index contributed by atoms with van der Waals surface area (Å²) in [4.78, 5) is 32.3. The second-order valence-electron chi connectivity index (χ2n) is 7.65. The van der Waals surface area contributed by atoms with Crippen LogP contribution in [0.2, 0.25) is 5.02 Å². The van der Waals surface area contributed by atoms with Crippen LogP contribution in [0.15, 0.2) is 41.7 Å². The minimum atomic E-state index is -0.489. The standard InChI is InChI=1S/C21H24ClN5O2S/c1-3-26-12-16(11-23-26)25-21-27(17-8-7-13(17)2)20(29)18(30-21)10-19(28)24-15-6-4-5-14(22)9-15/h4-6,9,11-13,17-18H,3,7-8,10H2,1-2H3,(H,24,28). The monoisotopic (exact) mass is 445 g/mol. The van der Waals surface area contributed by atoms with E-state index in [1.54, 1.807) is 40.0 Å². The van der Waals surface area contributed by atoms with Crippen LogP contribution in [0.5, 0.6) is 0 Å². The summed E-state index contributed by atoms with van der Waals surface area (Å²) in [6.45, 7) is 4.92. The summed E-state index contributed by atoms with van der Waals surface area (Å²) in [5.41, 5.74) is 1.33. The molecule has 30 heavy (non-hydrogen) atoms. The molecule has 158 valence electrons. The summed E-state index contributed by atoms with van der Waals surface area (Å²) in [5.74, 6) is 0.168. The maximum Gasteiger partial charge on any atom is 0.242 e. The molecule has 9 heteroatoms. The van der Waals surface area contributed by atoms with Crippen molar-refractivity contribution in [2.75, 3.05) is 5.32 Å². The number of rotatable bonds is 6. The van der Waals surface area contributed by atoms with Gasteiger partial charge in [-0.15, -0.1) is 0 Å². The Morgan fingerprint density at radius 3 is 2.87 bits per heavy atom. The Morgan fingerprint density at radius 1 is 1.40 bits per heavy atom. The van der Waals surface area contributed by atoms with Gasteiger partial charge in [0.15, 0.2) is 5.17 Å². The van der Waals surface area contributed by atoms with E-state index in [-0.39, 0.29) is 24.3 Å². The first-order chi connectivity index (χ1) is 14.4. The number of anilines is 1. The first-order valence-corrected chi connectivity index (χ1v) is 11.4. The zero-order chi connectivity index (χ0) is 21.3. The van der Waals surface area contributed by atoms with Gasteiger partial charge in [0.2, 0.25) is 11.8 Å². The molecule has 1 aromatic heterocycles. The number of aryl methyl sites for hydroxylation is 1. The number of amides is 2. The maximum atomic E-state index is 13.2. The number of carbonyl (C=O) groups is 2. The van der Waals surface area contributed by atoms with Gasteiger partial charge < -0.3 is 5.32 Å². The quantitative estimate of drug-likeness (QED) is 0.718. The Labute approximate surface area is 184 Å². The molecule has 1 aliphatic heterocycles. The number of hydrogen-bond donors (Lipinski definition) is 1. The lowest BCUT2D eigenvalue weighted by molar-refractivity contribution is -0.131. The molecule has 0 spiro atoms. The number of amidine groups is 1. The Hall–Kier alpha value is -2.32. The van der Waals surface area contributed by atoms with Gasteiger partial charge in [-0.2, -0.15) is 5.10 Å². The van der Waals surface area contributed by atoms with Crippen molar-refractivity contribution >= 4 is 51.7 Å². The van der Waals surface area contributed by atoms with Gasteiger partial charge in [-0.1, -0.05) is 36.4 Å². The Kier molecular flexibility index (Phi) is 6.15. The average Bonchev–Trinajstić information content (AvgIpc) is 3.27. The molecule has 2 amide bonds. The van der Waals surface area contributed by atoms with Crippen molar-refractivity contribution in [3.63, 3.8) is 0 Å². The molecule has 1 aliphatic carbocycles. The number of carbonyl (C=O) groups excluding carboxylic acids is 2. The van der Waals surface area contributed by atoms with E-state index in [9.17, 15) is 9.59 Å². The molecule has 2 aliphatic rings. The molecular weight excluding hydrogens is 422 g/mol. The molecule has 1 N–H and O–H groups in total. The first-order valence-electron chi connectivity index (χ1n) is 10.1. The third kappa shape index (κ3) is 4.39. The van der Waals surface area contributed by atoms with Gasteiger partial charge >= 0.3 is 0 Å². The minimum Gasteiger partial charge on any atom is -0.326 e. The number of nitrogens with zero attached hydrogens (tertiary/aromatic N) is 4. The Balaban J connectivity index is 1.51. The second-order valence-corrected chi connectivity index (χ2v) is 9.25. The smallest absolute Gasteiger partial charge is 0.242 e. The van der Waals surface area contributed by atoms with Crippen molar-refractivity contribution in [2.24, 2.45) is 10.9 Å². The van der Waals surface area contributed by atoms with Crippen LogP contribution < -0.4 is 5.32 Å². The van der Waals surface area contributed by atoms with Crippen molar-refractivity contribution in [1.29, 1.82) is 0 Å². The number of nitrogens with one attached hydrogen (secondary N) is 1. The van der Waals surface area contributed by atoms with E-state index in [2.05, 4.69) is 17.3 Å². The van der Waals surface area contributed by atoms with E-state index in [0.717, 1.165) is 19.4 Å². The number of benzene rings is 1. The van der Waals surface area contributed by atoms with E-state index >= 15 is 0 Å². The highest BCUT2D eigenvalue weighted by molar-refractivity contribution is 8.15. The SMILES string of the molecule is CCn1cc(N=C2SC(CC(=O)Nc3cccc(Cl)c3)C(=O)N2C2CCC2C)cn1. The maximum absolute atomic E-state index is 13.2. The third-order valence-electron chi connectivity index (χ3n) is 5.52. The molecule has 2 fully saturated rings. The van der Waals surface area contributed by atoms with Gasteiger partial charge in [-0.05, 0) is 43.9 Å². The fraction of sp³-hybridized carbons (Fsp3) is 0.429. The second kappa shape index (κ2) is 8.81. The van der Waals surface area contributed by atoms with Gasteiger partial charge in [-0.25, -0.2) is 4.99 Å². The summed E-state index contributed by atoms with van der Waals surface area (Å²) < 4.78 is 1.80. The normalized spacial score (nSPS) is 24.9. The number of hydrogen-bond acceptors (Lipinski definition) is 5. The number of halogens is 1. The average molecular weight is 446 g/mol. The van der Waals surface area contributed by atoms with E-state index in [4.69, 9.17) is 16.6 Å². The van der Waals surface area contributed by atoms with Crippen molar-refractivity contribution < 1.29 is 9.59 Å². The lowest BCUT2D eigenvalue weighted by Gasteiger charge is -2.40. The summed E-state index contributed by atoms with van der Waals surface area (Å²) in [6.07, 6.45) is 5.70. The highest BCUT2D eigenvalue weighted by Gasteiger charge is 2.46. The van der Waals surface area contributed by atoms with Crippen LogP contribution in [0.25, 0.3) is 0 Å². The highest BCUT2D eigenvalue weighted by atomic mass is 35.5. The summed E-state index contributed by atoms with van der Waals surface area (Å²) in [7, 11) is 0. The van der Waals surface area contributed by atoms with Crippen molar-refractivity contribution in [2.45, 2.75) is 50.9 Å². The Bertz CT molecular complexity index is 991. The number of aliphatic imine (C=N–C) groups is 1. The van der Waals surface area contributed by atoms with Crippen LogP contribution in [0, 0.1) is 5.92 Å². The topological polar surface area (TPSA) is 79.6 Å². The summed E-state index contributed by atoms with van der Waals surface area (Å²) in [5, 5.41) is 7.80. The first kappa shape index (κ1) is 20.9. The molecule has 2 aromatic rings. The van der Waals surface area contributed by atoms with E-state index in [1.807, 2.05) is 13.1 Å². The van der Waals surface area contributed by atoms with Gasteiger partial charge in [0, 0.05) is 29.7 Å². The molecule has 0 radical (unpaired) electrons. The lowest BCUT2D eigenvalue weighted by atomic mass is 9.80. The highest BCUT2D eigenvalue weighted by Crippen LogP contribution is 2.40.